The second kappa shape index (κ2) is 7.63. The Labute approximate surface area is 138 Å². The highest BCUT2D eigenvalue weighted by atomic mass is 15.1. The molecule has 0 N–H and O–H groups in total. The molecule has 0 aliphatic heterocycles. The van der Waals surface area contributed by atoms with Crippen LogP contribution in [0.1, 0.15) is 13.8 Å². The van der Waals surface area contributed by atoms with E-state index in [9.17, 15) is 0 Å². The van der Waals surface area contributed by atoms with Gasteiger partial charge in [-0.25, -0.2) is 4.98 Å². The Balaban J connectivity index is 0.000000924. The highest BCUT2D eigenvalue weighted by Gasteiger charge is 2.11. The van der Waals surface area contributed by atoms with Crippen LogP contribution in [-0.4, -0.2) is 23.6 Å². The molecule has 0 aliphatic rings. The van der Waals surface area contributed by atoms with Gasteiger partial charge in [0.05, 0.1) is 11.0 Å². The molecule has 0 atom stereocenters. The third-order valence-corrected chi connectivity index (χ3v) is 3.61. The zero-order valence-corrected chi connectivity index (χ0v) is 14.5. The van der Waals surface area contributed by atoms with E-state index in [1.54, 1.807) is 0 Å². The molecule has 0 spiro atoms. The fraction of sp³-hybridized carbons (Fsp3) is 0.250. The molecule has 23 heavy (non-hydrogen) atoms. The van der Waals surface area contributed by atoms with Crippen molar-refractivity contribution in [2.24, 2.45) is 0 Å². The van der Waals surface area contributed by atoms with Gasteiger partial charge >= 0.3 is 0 Å². The van der Waals surface area contributed by atoms with Gasteiger partial charge in [-0.1, -0.05) is 32.1 Å². The van der Waals surface area contributed by atoms with E-state index in [1.165, 1.54) is 5.69 Å². The minimum Gasteiger partial charge on any atom is -0.378 e. The Morgan fingerprint density at radius 2 is 1.70 bits per heavy atom. The van der Waals surface area contributed by atoms with Crippen molar-refractivity contribution in [3.05, 3.63) is 61.2 Å². The first-order chi connectivity index (χ1) is 11.2. The molecule has 3 heteroatoms. The van der Waals surface area contributed by atoms with Gasteiger partial charge in [-0.15, -0.1) is 6.58 Å². The number of para-hydroxylation sites is 2. The lowest BCUT2D eigenvalue weighted by molar-refractivity contribution is 0.862. The van der Waals surface area contributed by atoms with Crippen molar-refractivity contribution in [2.75, 3.05) is 19.0 Å². The van der Waals surface area contributed by atoms with E-state index in [0.717, 1.165) is 29.0 Å². The van der Waals surface area contributed by atoms with Gasteiger partial charge in [0.2, 0.25) is 0 Å². The molecule has 0 radical (unpaired) electrons. The van der Waals surface area contributed by atoms with Crippen LogP contribution in [-0.2, 0) is 6.54 Å². The quantitative estimate of drug-likeness (QED) is 0.634. The molecule has 3 nitrogen and oxygen atoms in total. The number of anilines is 1. The summed E-state index contributed by atoms with van der Waals surface area (Å²) in [6.45, 7) is 8.61. The average Bonchev–Trinajstić information content (AvgIpc) is 2.96. The minimum atomic E-state index is 0.755. The summed E-state index contributed by atoms with van der Waals surface area (Å²) in [5.41, 5.74) is 4.47. The van der Waals surface area contributed by atoms with Gasteiger partial charge in [-0.2, -0.15) is 0 Å². The molecular weight excluding hydrogens is 282 g/mol. The van der Waals surface area contributed by atoms with E-state index in [-0.39, 0.29) is 0 Å². The number of allylic oxidation sites excluding steroid dienone is 1. The molecule has 1 heterocycles. The third kappa shape index (κ3) is 3.45. The van der Waals surface area contributed by atoms with Crippen molar-refractivity contribution in [3.8, 4) is 11.4 Å². The number of nitrogens with zero attached hydrogens (tertiary/aromatic N) is 3. The molecule has 0 fully saturated rings. The van der Waals surface area contributed by atoms with Crippen molar-refractivity contribution < 1.29 is 0 Å². The highest BCUT2D eigenvalue weighted by molar-refractivity contribution is 5.81. The van der Waals surface area contributed by atoms with Gasteiger partial charge in [-0.3, -0.25) is 0 Å². The Bertz CT molecular complexity index is 767. The molecule has 3 aromatic rings. The van der Waals surface area contributed by atoms with E-state index in [4.69, 9.17) is 4.98 Å². The fourth-order valence-electron chi connectivity index (χ4n) is 2.52. The smallest absolute Gasteiger partial charge is 0.141 e. The van der Waals surface area contributed by atoms with Crippen molar-refractivity contribution in [1.82, 2.24) is 9.55 Å². The molecule has 3 rings (SSSR count). The van der Waals surface area contributed by atoms with Crippen LogP contribution in [0.2, 0.25) is 0 Å². The standard InChI is InChI=1S/C18H19N3.C2H6/c1-4-13-21-17-8-6-5-7-16(17)19-18(21)14-9-11-15(12-10-14)20(2)3;1-2/h4-12H,1,13H2,2-3H3;1-2H3. The summed E-state index contributed by atoms with van der Waals surface area (Å²) >= 11 is 0. The van der Waals surface area contributed by atoms with E-state index in [2.05, 4.69) is 46.4 Å². The lowest BCUT2D eigenvalue weighted by Gasteiger charge is -2.13. The van der Waals surface area contributed by atoms with Crippen LogP contribution in [0.4, 0.5) is 5.69 Å². The molecule has 1 aromatic heterocycles. The topological polar surface area (TPSA) is 21.1 Å². The van der Waals surface area contributed by atoms with Gasteiger partial charge in [0.15, 0.2) is 0 Å². The molecular formula is C20H25N3. The fourth-order valence-corrected chi connectivity index (χ4v) is 2.52. The summed E-state index contributed by atoms with van der Waals surface area (Å²) in [6, 6.07) is 16.7. The molecule has 0 saturated carbocycles. The summed E-state index contributed by atoms with van der Waals surface area (Å²) in [6.07, 6.45) is 1.91. The van der Waals surface area contributed by atoms with Gasteiger partial charge < -0.3 is 9.47 Å². The maximum absolute atomic E-state index is 4.78. The summed E-state index contributed by atoms with van der Waals surface area (Å²) < 4.78 is 2.20. The number of aromatic nitrogens is 2. The molecule has 0 aliphatic carbocycles. The van der Waals surface area contributed by atoms with Crippen LogP contribution in [0.5, 0.6) is 0 Å². The summed E-state index contributed by atoms with van der Waals surface area (Å²) in [5, 5.41) is 0. The zero-order chi connectivity index (χ0) is 16.8. The van der Waals surface area contributed by atoms with Gasteiger partial charge in [0.1, 0.15) is 5.82 Å². The van der Waals surface area contributed by atoms with Crippen molar-refractivity contribution in [3.63, 3.8) is 0 Å². The van der Waals surface area contributed by atoms with Crippen LogP contribution < -0.4 is 4.90 Å². The summed E-state index contributed by atoms with van der Waals surface area (Å²) in [5.74, 6) is 0.987. The second-order valence-corrected chi connectivity index (χ2v) is 5.26. The Hall–Kier alpha value is -2.55. The number of hydrogen-bond acceptors (Lipinski definition) is 2. The van der Waals surface area contributed by atoms with Crippen LogP contribution in [0.3, 0.4) is 0 Å². The second-order valence-electron chi connectivity index (χ2n) is 5.26. The molecule has 0 saturated heterocycles. The summed E-state index contributed by atoms with van der Waals surface area (Å²) in [4.78, 5) is 6.87. The molecule has 120 valence electrons. The first-order valence-corrected chi connectivity index (χ1v) is 8.04. The van der Waals surface area contributed by atoms with Crippen molar-refractivity contribution in [1.29, 1.82) is 0 Å². The Kier molecular flexibility index (Phi) is 5.58. The van der Waals surface area contributed by atoms with Crippen LogP contribution in [0, 0.1) is 0 Å². The highest BCUT2D eigenvalue weighted by Crippen LogP contribution is 2.26. The van der Waals surface area contributed by atoms with E-state index in [0.29, 0.717) is 0 Å². The molecule has 2 aromatic carbocycles. The lowest BCUT2D eigenvalue weighted by Crippen LogP contribution is -2.08. The first kappa shape index (κ1) is 16.8. The normalized spacial score (nSPS) is 10.1. The number of benzene rings is 2. The van der Waals surface area contributed by atoms with Crippen LogP contribution in [0.25, 0.3) is 22.4 Å². The van der Waals surface area contributed by atoms with Gasteiger partial charge in [0, 0.05) is 31.9 Å². The van der Waals surface area contributed by atoms with Crippen LogP contribution >= 0.6 is 0 Å². The van der Waals surface area contributed by atoms with Crippen molar-refractivity contribution in [2.45, 2.75) is 20.4 Å². The monoisotopic (exact) mass is 307 g/mol. The largest absolute Gasteiger partial charge is 0.378 e. The number of fused-ring (bicyclic) bond motifs is 1. The van der Waals surface area contributed by atoms with E-state index in [1.807, 2.05) is 52.2 Å². The lowest BCUT2D eigenvalue weighted by atomic mass is 10.2. The number of imidazole rings is 1. The van der Waals surface area contributed by atoms with E-state index >= 15 is 0 Å². The van der Waals surface area contributed by atoms with Crippen LogP contribution in [0.15, 0.2) is 61.2 Å². The van der Waals surface area contributed by atoms with E-state index < -0.39 is 0 Å². The number of hydrogen-bond donors (Lipinski definition) is 0. The predicted octanol–water partition coefficient (Wildman–Crippen LogP) is 4.98. The first-order valence-electron chi connectivity index (χ1n) is 8.04. The molecule has 0 amide bonds. The van der Waals surface area contributed by atoms with Crippen molar-refractivity contribution >= 4 is 16.7 Å². The average molecular weight is 307 g/mol. The zero-order valence-electron chi connectivity index (χ0n) is 14.5. The maximum atomic E-state index is 4.78. The SMILES string of the molecule is C=CCn1c(-c2ccc(N(C)C)cc2)nc2ccccc21.CC. The van der Waals surface area contributed by atoms with Gasteiger partial charge in [-0.05, 0) is 36.4 Å². The third-order valence-electron chi connectivity index (χ3n) is 3.61. The summed E-state index contributed by atoms with van der Waals surface area (Å²) in [7, 11) is 4.09. The maximum Gasteiger partial charge on any atom is 0.141 e. The Morgan fingerprint density at radius 1 is 1.04 bits per heavy atom. The predicted molar refractivity (Wildman–Crippen MR) is 101 cm³/mol. The number of rotatable bonds is 4. The minimum absolute atomic E-state index is 0.755. The van der Waals surface area contributed by atoms with Gasteiger partial charge in [0.25, 0.3) is 0 Å². The Morgan fingerprint density at radius 3 is 2.30 bits per heavy atom. The molecule has 0 unspecified atom stereocenters. The molecule has 0 bridgehead atoms.